The van der Waals surface area contributed by atoms with Gasteiger partial charge in [-0.2, -0.15) is 0 Å². The van der Waals surface area contributed by atoms with E-state index in [4.69, 9.17) is 4.74 Å². The van der Waals surface area contributed by atoms with Gasteiger partial charge in [0.15, 0.2) is 5.96 Å². The fourth-order valence-corrected chi connectivity index (χ4v) is 3.48. The second-order valence-corrected chi connectivity index (χ2v) is 8.38. The average Bonchev–Trinajstić information content (AvgIpc) is 2.73. The third-order valence-corrected chi connectivity index (χ3v) is 5.45. The maximum atomic E-state index is 5.79. The Bertz CT molecular complexity index is 586. The summed E-state index contributed by atoms with van der Waals surface area (Å²) in [5.41, 5.74) is 1.22. The van der Waals surface area contributed by atoms with Crippen molar-refractivity contribution < 1.29 is 4.74 Å². The number of ether oxygens (including phenoxy) is 1. The molecule has 30 heavy (non-hydrogen) atoms. The van der Waals surface area contributed by atoms with E-state index in [0.29, 0.717) is 0 Å². The summed E-state index contributed by atoms with van der Waals surface area (Å²) in [4.78, 5) is 9.09. The highest BCUT2D eigenvalue weighted by Crippen LogP contribution is 2.15. The van der Waals surface area contributed by atoms with Crippen molar-refractivity contribution in [2.75, 3.05) is 60.5 Å². The zero-order chi connectivity index (χ0) is 20.9. The van der Waals surface area contributed by atoms with Crippen LogP contribution in [0.3, 0.4) is 0 Å². The molecule has 1 aromatic carbocycles. The van der Waals surface area contributed by atoms with Crippen LogP contribution in [0.1, 0.15) is 38.2 Å². The predicted octanol–water partition coefficient (Wildman–Crippen LogP) is 3.42. The molecule has 0 saturated carbocycles. The van der Waals surface area contributed by atoms with E-state index in [9.17, 15) is 0 Å². The number of rotatable bonds is 11. The first-order chi connectivity index (χ1) is 14.1. The van der Waals surface area contributed by atoms with Crippen LogP contribution in [-0.2, 0) is 6.54 Å². The van der Waals surface area contributed by atoms with E-state index < -0.39 is 0 Å². The quantitative estimate of drug-likeness (QED) is 0.199. The summed E-state index contributed by atoms with van der Waals surface area (Å²) in [6.45, 7) is 9.55. The van der Waals surface area contributed by atoms with Gasteiger partial charge in [0.25, 0.3) is 0 Å². The van der Waals surface area contributed by atoms with Gasteiger partial charge in [-0.25, -0.2) is 0 Å². The van der Waals surface area contributed by atoms with Crippen molar-refractivity contribution in [3.05, 3.63) is 29.8 Å². The Labute approximate surface area is 200 Å². The Hall–Kier alpha value is -1.06. The Balaban J connectivity index is 0.00000450. The van der Waals surface area contributed by atoms with Gasteiger partial charge in [0.1, 0.15) is 5.75 Å². The summed E-state index contributed by atoms with van der Waals surface area (Å²) >= 11 is 0. The van der Waals surface area contributed by atoms with Crippen LogP contribution in [0.4, 0.5) is 0 Å². The van der Waals surface area contributed by atoms with Crippen LogP contribution >= 0.6 is 24.0 Å². The molecule has 0 radical (unpaired) electrons. The van der Waals surface area contributed by atoms with Gasteiger partial charge in [-0.15, -0.1) is 24.0 Å². The standard InChI is InChI=1S/C23H41N5O.HI/c1-20-11-16-28(17-12-20)15-5-13-25-23(24-2)26-19-21-7-9-22(10-8-21)29-18-6-14-27(3)4;/h7-10,20H,5-6,11-19H2,1-4H3,(H2,24,25,26);1H. The molecule has 1 aliphatic heterocycles. The molecule has 7 heteroatoms. The number of aliphatic imine (C=N–C) groups is 1. The zero-order valence-electron chi connectivity index (χ0n) is 19.3. The highest BCUT2D eigenvalue weighted by Gasteiger charge is 2.14. The summed E-state index contributed by atoms with van der Waals surface area (Å²) in [7, 11) is 5.99. The average molecular weight is 532 g/mol. The highest BCUT2D eigenvalue weighted by molar-refractivity contribution is 14.0. The van der Waals surface area contributed by atoms with Gasteiger partial charge in [0.05, 0.1) is 6.61 Å². The molecule has 1 aromatic rings. The van der Waals surface area contributed by atoms with E-state index in [-0.39, 0.29) is 24.0 Å². The molecule has 172 valence electrons. The highest BCUT2D eigenvalue weighted by atomic mass is 127. The van der Waals surface area contributed by atoms with E-state index in [1.54, 1.807) is 0 Å². The van der Waals surface area contributed by atoms with Crippen molar-refractivity contribution in [2.45, 2.75) is 39.2 Å². The van der Waals surface area contributed by atoms with Crippen LogP contribution in [-0.4, -0.2) is 76.2 Å². The lowest BCUT2D eigenvalue weighted by Crippen LogP contribution is -2.39. The number of likely N-dealkylation sites (tertiary alicyclic amines) is 1. The molecule has 0 unspecified atom stereocenters. The molecule has 0 atom stereocenters. The molecule has 0 aromatic heterocycles. The first-order valence-electron chi connectivity index (χ1n) is 11.1. The topological polar surface area (TPSA) is 52.1 Å². The number of nitrogens with one attached hydrogen (secondary N) is 2. The number of hydrogen-bond donors (Lipinski definition) is 2. The summed E-state index contributed by atoms with van der Waals surface area (Å²) in [6, 6.07) is 8.31. The van der Waals surface area contributed by atoms with E-state index in [2.05, 4.69) is 58.6 Å². The minimum absolute atomic E-state index is 0. The maximum Gasteiger partial charge on any atom is 0.191 e. The third kappa shape index (κ3) is 11.4. The molecule has 0 amide bonds. The van der Waals surface area contributed by atoms with Crippen LogP contribution < -0.4 is 15.4 Å². The van der Waals surface area contributed by atoms with E-state index in [1.165, 1.54) is 38.0 Å². The fraction of sp³-hybridized carbons (Fsp3) is 0.696. The summed E-state index contributed by atoms with van der Waals surface area (Å²) < 4.78 is 5.79. The summed E-state index contributed by atoms with van der Waals surface area (Å²) in [5, 5.41) is 6.82. The van der Waals surface area contributed by atoms with Crippen molar-refractivity contribution >= 4 is 29.9 Å². The number of piperidine rings is 1. The Morgan fingerprint density at radius 2 is 1.83 bits per heavy atom. The first kappa shape index (κ1) is 27.0. The predicted molar refractivity (Wildman–Crippen MR) is 138 cm³/mol. The first-order valence-corrected chi connectivity index (χ1v) is 11.1. The zero-order valence-corrected chi connectivity index (χ0v) is 21.7. The molecule has 1 heterocycles. The largest absolute Gasteiger partial charge is 0.494 e. The van der Waals surface area contributed by atoms with Gasteiger partial charge in [-0.1, -0.05) is 19.1 Å². The van der Waals surface area contributed by atoms with Gasteiger partial charge in [-0.3, -0.25) is 4.99 Å². The molecule has 1 fully saturated rings. The van der Waals surface area contributed by atoms with Crippen molar-refractivity contribution in [1.29, 1.82) is 0 Å². The number of halogens is 1. The Morgan fingerprint density at radius 3 is 2.47 bits per heavy atom. The number of hydrogen-bond acceptors (Lipinski definition) is 4. The monoisotopic (exact) mass is 531 g/mol. The van der Waals surface area contributed by atoms with Gasteiger partial charge < -0.3 is 25.2 Å². The van der Waals surface area contributed by atoms with Gasteiger partial charge in [-0.05, 0) is 83.0 Å². The molecule has 2 rings (SSSR count). The van der Waals surface area contributed by atoms with Crippen LogP contribution in [0.2, 0.25) is 0 Å². The summed E-state index contributed by atoms with van der Waals surface area (Å²) in [6.07, 6.45) is 4.87. The van der Waals surface area contributed by atoms with Crippen molar-refractivity contribution in [2.24, 2.45) is 10.9 Å². The number of guanidine groups is 1. The minimum Gasteiger partial charge on any atom is -0.494 e. The van der Waals surface area contributed by atoms with Crippen molar-refractivity contribution in [3.63, 3.8) is 0 Å². The van der Waals surface area contributed by atoms with Crippen LogP contribution in [0.5, 0.6) is 5.75 Å². The molecule has 0 aliphatic carbocycles. The normalized spacial score (nSPS) is 15.7. The van der Waals surface area contributed by atoms with E-state index in [1.807, 2.05) is 19.2 Å². The molecule has 1 saturated heterocycles. The van der Waals surface area contributed by atoms with Crippen LogP contribution in [0.25, 0.3) is 0 Å². The smallest absolute Gasteiger partial charge is 0.191 e. The minimum atomic E-state index is 0. The molecule has 1 aliphatic rings. The van der Waals surface area contributed by atoms with Crippen LogP contribution in [0.15, 0.2) is 29.3 Å². The second-order valence-electron chi connectivity index (χ2n) is 8.38. The van der Waals surface area contributed by atoms with E-state index in [0.717, 1.165) is 56.7 Å². The maximum absolute atomic E-state index is 5.79. The van der Waals surface area contributed by atoms with Gasteiger partial charge in [0, 0.05) is 26.7 Å². The lowest BCUT2D eigenvalue weighted by Gasteiger charge is -2.30. The van der Waals surface area contributed by atoms with Crippen LogP contribution in [0, 0.1) is 5.92 Å². The molecule has 6 nitrogen and oxygen atoms in total. The molecule has 0 spiro atoms. The lowest BCUT2D eigenvalue weighted by molar-refractivity contribution is 0.191. The molecule has 0 bridgehead atoms. The summed E-state index contributed by atoms with van der Waals surface area (Å²) in [5.74, 6) is 2.69. The lowest BCUT2D eigenvalue weighted by atomic mass is 9.99. The number of benzene rings is 1. The second kappa shape index (κ2) is 15.7. The Kier molecular flexibility index (Phi) is 14.1. The fourth-order valence-electron chi connectivity index (χ4n) is 3.48. The number of nitrogens with zero attached hydrogens (tertiary/aromatic N) is 3. The SMILES string of the molecule is CN=C(NCCCN1CCC(C)CC1)NCc1ccc(OCCCN(C)C)cc1.I. The molecule has 2 N–H and O–H groups in total. The molecular formula is C23H42IN5O. The van der Waals surface area contributed by atoms with Gasteiger partial charge >= 0.3 is 0 Å². The van der Waals surface area contributed by atoms with Crippen molar-refractivity contribution in [1.82, 2.24) is 20.4 Å². The van der Waals surface area contributed by atoms with E-state index >= 15 is 0 Å². The van der Waals surface area contributed by atoms with Gasteiger partial charge in [0.2, 0.25) is 0 Å². The van der Waals surface area contributed by atoms with Crippen molar-refractivity contribution in [3.8, 4) is 5.75 Å². The third-order valence-electron chi connectivity index (χ3n) is 5.45. The Morgan fingerprint density at radius 1 is 1.13 bits per heavy atom. The molecular weight excluding hydrogens is 489 g/mol.